The summed E-state index contributed by atoms with van der Waals surface area (Å²) >= 11 is 0. The number of hydrazine groups is 1. The molecule has 1 saturated heterocycles. The monoisotopic (exact) mass is 281 g/mol. The molecule has 2 rings (SSSR count). The highest BCUT2D eigenvalue weighted by molar-refractivity contribution is 5.34. The Morgan fingerprint density at radius 3 is 2.55 bits per heavy atom. The number of likely N-dealkylation sites (tertiary alicyclic amines) is 1. The molecule has 112 valence electrons. The summed E-state index contributed by atoms with van der Waals surface area (Å²) in [6.45, 7) is 7.96. The van der Waals surface area contributed by atoms with Gasteiger partial charge in [0.05, 0.1) is 6.10 Å². The fraction of sp³-hybridized carbons (Fsp3) is 0.750. The lowest BCUT2D eigenvalue weighted by atomic mass is 10.4. The van der Waals surface area contributed by atoms with Crippen LogP contribution in [0.15, 0.2) is 0 Å². The maximum absolute atomic E-state index is 5.47. The average Bonchev–Trinajstić information content (AvgIpc) is 2.91. The molecule has 0 bridgehead atoms. The van der Waals surface area contributed by atoms with Crippen LogP contribution in [0.2, 0.25) is 0 Å². The Morgan fingerprint density at radius 1 is 1.20 bits per heavy atom. The van der Waals surface area contributed by atoms with E-state index >= 15 is 0 Å². The number of nitrogens with two attached hydrogens (primary N) is 1. The molecule has 0 saturated carbocycles. The summed E-state index contributed by atoms with van der Waals surface area (Å²) in [4.78, 5) is 14.8. The molecule has 2 heterocycles. The van der Waals surface area contributed by atoms with Crippen molar-refractivity contribution in [1.29, 1.82) is 0 Å². The fourth-order valence-electron chi connectivity index (χ4n) is 2.10. The van der Waals surface area contributed by atoms with Gasteiger partial charge in [0.1, 0.15) is 0 Å². The molecule has 8 nitrogen and oxygen atoms in total. The SMILES string of the molecule is CC(C)Oc1nc(NN)nc(NCCN2CCCC2)n1. The molecular weight excluding hydrogens is 258 g/mol. The van der Waals surface area contributed by atoms with Gasteiger partial charge in [-0.1, -0.05) is 0 Å². The lowest BCUT2D eigenvalue weighted by molar-refractivity contribution is 0.222. The van der Waals surface area contributed by atoms with Crippen molar-refractivity contribution < 1.29 is 4.74 Å². The summed E-state index contributed by atoms with van der Waals surface area (Å²) in [6.07, 6.45) is 2.58. The molecule has 1 aromatic heterocycles. The predicted molar refractivity (Wildman–Crippen MR) is 77.6 cm³/mol. The van der Waals surface area contributed by atoms with Crippen LogP contribution in [0, 0.1) is 0 Å². The molecule has 0 amide bonds. The topological polar surface area (TPSA) is 101 Å². The number of anilines is 2. The van der Waals surface area contributed by atoms with Crippen molar-refractivity contribution in [3.05, 3.63) is 0 Å². The molecule has 1 fully saturated rings. The Bertz CT molecular complexity index is 420. The normalized spacial score (nSPS) is 15.6. The van der Waals surface area contributed by atoms with Crippen LogP contribution < -0.4 is 21.3 Å². The first-order valence-corrected chi connectivity index (χ1v) is 7.03. The lowest BCUT2D eigenvalue weighted by Crippen LogP contribution is -2.26. The standard InChI is InChI=1S/C12H23N7O/c1-9(2)20-12-16-10(15-11(17-12)18-13)14-5-8-19-6-3-4-7-19/h9H,3-8,13H2,1-2H3,(H2,14,15,16,17,18). The second-order valence-corrected chi connectivity index (χ2v) is 5.05. The van der Waals surface area contributed by atoms with Gasteiger partial charge in [-0.05, 0) is 39.8 Å². The van der Waals surface area contributed by atoms with Crippen molar-refractivity contribution in [2.24, 2.45) is 5.84 Å². The average molecular weight is 281 g/mol. The Morgan fingerprint density at radius 2 is 1.90 bits per heavy atom. The number of nitrogens with one attached hydrogen (secondary N) is 2. The zero-order chi connectivity index (χ0) is 14.4. The highest BCUT2D eigenvalue weighted by atomic mass is 16.5. The van der Waals surface area contributed by atoms with E-state index < -0.39 is 0 Å². The van der Waals surface area contributed by atoms with E-state index in [-0.39, 0.29) is 12.1 Å². The maximum Gasteiger partial charge on any atom is 0.323 e. The second kappa shape index (κ2) is 7.20. The van der Waals surface area contributed by atoms with E-state index in [0.717, 1.165) is 13.1 Å². The van der Waals surface area contributed by atoms with E-state index in [1.807, 2.05) is 13.8 Å². The molecule has 0 aromatic carbocycles. The van der Waals surface area contributed by atoms with Gasteiger partial charge in [0.2, 0.25) is 11.9 Å². The Labute approximate surface area is 119 Å². The van der Waals surface area contributed by atoms with Crippen molar-refractivity contribution in [1.82, 2.24) is 19.9 Å². The summed E-state index contributed by atoms with van der Waals surface area (Å²) < 4.78 is 5.47. The van der Waals surface area contributed by atoms with Crippen molar-refractivity contribution in [2.45, 2.75) is 32.8 Å². The molecule has 4 N–H and O–H groups in total. The molecule has 1 aromatic rings. The van der Waals surface area contributed by atoms with Crippen LogP contribution in [0.3, 0.4) is 0 Å². The minimum atomic E-state index is 0.000439. The second-order valence-electron chi connectivity index (χ2n) is 5.05. The van der Waals surface area contributed by atoms with Crippen LogP contribution in [0.5, 0.6) is 6.01 Å². The molecule has 0 atom stereocenters. The number of hydrogen-bond donors (Lipinski definition) is 3. The molecule has 0 spiro atoms. The van der Waals surface area contributed by atoms with Crippen LogP contribution in [-0.4, -0.2) is 52.1 Å². The maximum atomic E-state index is 5.47. The lowest BCUT2D eigenvalue weighted by Gasteiger charge is -2.15. The van der Waals surface area contributed by atoms with Gasteiger partial charge >= 0.3 is 6.01 Å². The van der Waals surface area contributed by atoms with Crippen LogP contribution in [0.1, 0.15) is 26.7 Å². The van der Waals surface area contributed by atoms with E-state index in [9.17, 15) is 0 Å². The fourth-order valence-corrected chi connectivity index (χ4v) is 2.10. The van der Waals surface area contributed by atoms with Crippen LogP contribution in [0.25, 0.3) is 0 Å². The van der Waals surface area contributed by atoms with Crippen molar-refractivity contribution in [3.63, 3.8) is 0 Å². The molecule has 8 heteroatoms. The van der Waals surface area contributed by atoms with Crippen molar-refractivity contribution in [3.8, 4) is 6.01 Å². The van der Waals surface area contributed by atoms with Crippen molar-refractivity contribution in [2.75, 3.05) is 36.9 Å². The highest BCUT2D eigenvalue weighted by Crippen LogP contribution is 2.12. The smallest absolute Gasteiger partial charge is 0.323 e. The van der Waals surface area contributed by atoms with Crippen molar-refractivity contribution >= 4 is 11.9 Å². The number of nitrogen functional groups attached to an aromatic ring is 1. The van der Waals surface area contributed by atoms with Gasteiger partial charge in [-0.2, -0.15) is 15.0 Å². The van der Waals surface area contributed by atoms with Gasteiger partial charge in [0.15, 0.2) is 0 Å². The summed E-state index contributed by atoms with van der Waals surface area (Å²) in [5.74, 6) is 6.12. The minimum Gasteiger partial charge on any atom is -0.461 e. The van der Waals surface area contributed by atoms with Gasteiger partial charge in [0.25, 0.3) is 0 Å². The molecule has 20 heavy (non-hydrogen) atoms. The van der Waals surface area contributed by atoms with Gasteiger partial charge in [-0.3, -0.25) is 5.43 Å². The number of ether oxygens (including phenoxy) is 1. The predicted octanol–water partition coefficient (Wildman–Crippen LogP) is 0.452. The molecule has 0 radical (unpaired) electrons. The molecular formula is C12H23N7O. The Balaban J connectivity index is 1.91. The summed E-state index contributed by atoms with van der Waals surface area (Å²) in [5.41, 5.74) is 2.42. The first kappa shape index (κ1) is 14.7. The Hall–Kier alpha value is -1.67. The molecule has 0 unspecified atom stereocenters. The number of rotatable bonds is 7. The van der Waals surface area contributed by atoms with E-state index in [1.54, 1.807) is 0 Å². The molecule has 1 aliphatic rings. The van der Waals surface area contributed by atoms with Gasteiger partial charge < -0.3 is 15.0 Å². The van der Waals surface area contributed by atoms with Gasteiger partial charge in [-0.15, -0.1) is 0 Å². The van der Waals surface area contributed by atoms with E-state index in [2.05, 4.69) is 30.6 Å². The third kappa shape index (κ3) is 4.46. The largest absolute Gasteiger partial charge is 0.461 e. The van der Waals surface area contributed by atoms with Gasteiger partial charge in [0, 0.05) is 13.1 Å². The summed E-state index contributed by atoms with van der Waals surface area (Å²) in [7, 11) is 0. The third-order valence-corrected chi connectivity index (χ3v) is 2.99. The quantitative estimate of drug-likeness (QED) is 0.489. The van der Waals surface area contributed by atoms with Crippen LogP contribution in [0.4, 0.5) is 11.9 Å². The zero-order valence-corrected chi connectivity index (χ0v) is 12.1. The third-order valence-electron chi connectivity index (χ3n) is 2.99. The Kier molecular flexibility index (Phi) is 5.31. The molecule has 1 aliphatic heterocycles. The van der Waals surface area contributed by atoms with Crippen LogP contribution in [-0.2, 0) is 0 Å². The minimum absolute atomic E-state index is 0.000439. The number of aromatic nitrogens is 3. The molecule has 0 aliphatic carbocycles. The zero-order valence-electron chi connectivity index (χ0n) is 12.1. The van der Waals surface area contributed by atoms with Gasteiger partial charge in [-0.25, -0.2) is 5.84 Å². The number of nitrogens with zero attached hydrogens (tertiary/aromatic N) is 4. The van der Waals surface area contributed by atoms with E-state index in [0.29, 0.717) is 11.9 Å². The number of hydrogen-bond acceptors (Lipinski definition) is 8. The highest BCUT2D eigenvalue weighted by Gasteiger charge is 2.12. The first-order chi connectivity index (χ1) is 9.67. The van der Waals surface area contributed by atoms with Crippen LogP contribution >= 0.6 is 0 Å². The first-order valence-electron chi connectivity index (χ1n) is 7.03. The summed E-state index contributed by atoms with van der Waals surface area (Å²) in [6, 6.07) is 0.270. The van der Waals surface area contributed by atoms with E-state index in [4.69, 9.17) is 10.6 Å². The van der Waals surface area contributed by atoms with E-state index in [1.165, 1.54) is 25.9 Å². The summed E-state index contributed by atoms with van der Waals surface area (Å²) in [5, 5.41) is 3.18.